The van der Waals surface area contributed by atoms with Crippen LogP contribution in [0.5, 0.6) is 11.5 Å². The van der Waals surface area contributed by atoms with Crippen molar-refractivity contribution in [2.24, 2.45) is 0 Å². The summed E-state index contributed by atoms with van der Waals surface area (Å²) in [5.41, 5.74) is 5.16. The van der Waals surface area contributed by atoms with Crippen LogP contribution in [0.4, 0.5) is 5.69 Å². The number of hydrogen-bond donors (Lipinski definition) is 1. The van der Waals surface area contributed by atoms with Crippen LogP contribution < -0.4 is 14.8 Å². The van der Waals surface area contributed by atoms with Crippen LogP contribution in [0, 0.1) is 13.8 Å². The average molecular weight is 365 g/mol. The topological polar surface area (TPSA) is 60.7 Å². The molecule has 0 bridgehead atoms. The summed E-state index contributed by atoms with van der Waals surface area (Å²) in [6.45, 7) is 5.85. The number of carbonyl (C=O) groups is 1. The van der Waals surface area contributed by atoms with E-state index in [-0.39, 0.29) is 5.91 Å². The molecule has 5 heteroatoms. The monoisotopic (exact) mass is 365 g/mol. The van der Waals surface area contributed by atoms with Crippen LogP contribution in [0.25, 0.3) is 16.5 Å². The highest BCUT2D eigenvalue weighted by Gasteiger charge is 2.16. The second kappa shape index (κ2) is 7.58. The van der Waals surface area contributed by atoms with Gasteiger partial charge in [0.05, 0.1) is 20.5 Å². The van der Waals surface area contributed by atoms with Gasteiger partial charge in [-0.2, -0.15) is 0 Å². The Kier molecular flexibility index (Phi) is 5.21. The van der Waals surface area contributed by atoms with E-state index >= 15 is 0 Å². The third kappa shape index (κ3) is 3.67. The van der Waals surface area contributed by atoms with Gasteiger partial charge >= 0.3 is 0 Å². The Morgan fingerprint density at radius 1 is 1.11 bits per heavy atom. The maximum absolute atomic E-state index is 12.4. The first-order valence-electron chi connectivity index (χ1n) is 8.63. The van der Waals surface area contributed by atoms with Gasteiger partial charge < -0.3 is 19.2 Å². The lowest BCUT2D eigenvalue weighted by Crippen LogP contribution is -2.08. The summed E-state index contributed by atoms with van der Waals surface area (Å²) in [5.74, 6) is 1.24. The van der Waals surface area contributed by atoms with Crippen LogP contribution in [0.1, 0.15) is 23.6 Å². The molecule has 0 spiro atoms. The number of anilines is 1. The van der Waals surface area contributed by atoms with Gasteiger partial charge in [0.2, 0.25) is 5.91 Å². The molecule has 5 nitrogen and oxygen atoms in total. The molecular formula is C22H23NO4. The van der Waals surface area contributed by atoms with Gasteiger partial charge in [-0.05, 0) is 62.2 Å². The van der Waals surface area contributed by atoms with Gasteiger partial charge in [-0.1, -0.05) is 0 Å². The molecule has 1 N–H and O–H groups in total. The lowest BCUT2D eigenvalue weighted by Gasteiger charge is -2.13. The molecule has 27 heavy (non-hydrogen) atoms. The van der Waals surface area contributed by atoms with E-state index in [1.807, 2.05) is 26.8 Å². The van der Waals surface area contributed by atoms with Crippen molar-refractivity contribution in [3.8, 4) is 11.5 Å². The third-order valence-corrected chi connectivity index (χ3v) is 4.57. The molecule has 0 aliphatic carbocycles. The molecule has 0 atom stereocenters. The SMILES string of the molecule is COc1ccc(NC(=O)/C=C(\C)c2cc3c(C)coc3c(C)c2OC)cc1. The van der Waals surface area contributed by atoms with Gasteiger partial charge in [-0.15, -0.1) is 0 Å². The molecular weight excluding hydrogens is 342 g/mol. The first-order chi connectivity index (χ1) is 12.9. The van der Waals surface area contributed by atoms with E-state index in [1.54, 1.807) is 50.8 Å². The van der Waals surface area contributed by atoms with E-state index in [0.717, 1.165) is 39.0 Å². The molecule has 0 radical (unpaired) electrons. The Bertz CT molecular complexity index is 1010. The number of fused-ring (bicyclic) bond motifs is 1. The summed E-state index contributed by atoms with van der Waals surface area (Å²) < 4.78 is 16.4. The summed E-state index contributed by atoms with van der Waals surface area (Å²) in [7, 11) is 3.23. The van der Waals surface area contributed by atoms with Crippen molar-refractivity contribution in [2.75, 3.05) is 19.5 Å². The molecule has 140 valence electrons. The fourth-order valence-electron chi connectivity index (χ4n) is 3.12. The summed E-state index contributed by atoms with van der Waals surface area (Å²) in [4.78, 5) is 12.4. The number of benzene rings is 2. The number of allylic oxidation sites excluding steroid dienone is 1. The highest BCUT2D eigenvalue weighted by molar-refractivity contribution is 6.05. The lowest BCUT2D eigenvalue weighted by atomic mass is 9.98. The van der Waals surface area contributed by atoms with Gasteiger partial charge in [0.15, 0.2) is 0 Å². The van der Waals surface area contributed by atoms with E-state index in [2.05, 4.69) is 5.32 Å². The molecule has 1 aromatic heterocycles. The van der Waals surface area contributed by atoms with Crippen molar-refractivity contribution in [1.82, 2.24) is 0 Å². The van der Waals surface area contributed by atoms with Crippen molar-refractivity contribution in [1.29, 1.82) is 0 Å². The summed E-state index contributed by atoms with van der Waals surface area (Å²) >= 11 is 0. The molecule has 3 aromatic rings. The van der Waals surface area contributed by atoms with Crippen LogP contribution >= 0.6 is 0 Å². The van der Waals surface area contributed by atoms with Gasteiger partial charge in [-0.25, -0.2) is 0 Å². The Hall–Kier alpha value is -3.21. The Balaban J connectivity index is 1.92. The van der Waals surface area contributed by atoms with Crippen molar-refractivity contribution in [3.63, 3.8) is 0 Å². The molecule has 2 aromatic carbocycles. The summed E-state index contributed by atoms with van der Waals surface area (Å²) in [6, 6.07) is 9.20. The van der Waals surface area contributed by atoms with Crippen molar-refractivity contribution in [3.05, 3.63) is 59.4 Å². The minimum atomic E-state index is -0.207. The van der Waals surface area contributed by atoms with Crippen molar-refractivity contribution >= 4 is 28.1 Å². The minimum absolute atomic E-state index is 0.207. The number of carbonyl (C=O) groups excluding carboxylic acids is 1. The van der Waals surface area contributed by atoms with Crippen molar-refractivity contribution < 1.29 is 18.7 Å². The van der Waals surface area contributed by atoms with E-state index in [1.165, 1.54) is 0 Å². The zero-order valence-electron chi connectivity index (χ0n) is 16.2. The van der Waals surface area contributed by atoms with Crippen LogP contribution in [-0.4, -0.2) is 20.1 Å². The predicted molar refractivity (Wildman–Crippen MR) is 108 cm³/mol. The molecule has 0 aliphatic rings. The predicted octanol–water partition coefficient (Wildman–Crippen LogP) is 5.11. The molecule has 0 unspecified atom stereocenters. The Morgan fingerprint density at radius 2 is 1.81 bits per heavy atom. The van der Waals surface area contributed by atoms with Gasteiger partial charge in [-0.3, -0.25) is 4.79 Å². The largest absolute Gasteiger partial charge is 0.497 e. The first kappa shape index (κ1) is 18.6. The molecule has 1 amide bonds. The number of amides is 1. The van der Waals surface area contributed by atoms with E-state index < -0.39 is 0 Å². The molecule has 1 heterocycles. The zero-order valence-corrected chi connectivity index (χ0v) is 16.2. The standard InChI is InChI=1S/C22H23NO4/c1-13(10-20(24)23-16-6-8-17(25-4)9-7-16)18-11-19-14(2)12-27-22(19)15(3)21(18)26-5/h6-12H,1-5H3,(H,23,24)/b13-10+. The smallest absolute Gasteiger partial charge is 0.248 e. The first-order valence-corrected chi connectivity index (χ1v) is 8.63. The van der Waals surface area contributed by atoms with Crippen LogP contribution in [0.15, 0.2) is 47.1 Å². The molecule has 0 aliphatic heterocycles. The second-order valence-electron chi connectivity index (χ2n) is 6.42. The minimum Gasteiger partial charge on any atom is -0.497 e. The maximum Gasteiger partial charge on any atom is 0.248 e. The van der Waals surface area contributed by atoms with Gasteiger partial charge in [0.25, 0.3) is 0 Å². The molecule has 0 fully saturated rings. The second-order valence-corrected chi connectivity index (χ2v) is 6.42. The van der Waals surface area contributed by atoms with Crippen LogP contribution in [-0.2, 0) is 4.79 Å². The fourth-order valence-corrected chi connectivity index (χ4v) is 3.12. The van der Waals surface area contributed by atoms with E-state index in [9.17, 15) is 4.79 Å². The highest BCUT2D eigenvalue weighted by Crippen LogP contribution is 2.37. The summed E-state index contributed by atoms with van der Waals surface area (Å²) in [5, 5.41) is 3.88. The van der Waals surface area contributed by atoms with E-state index in [4.69, 9.17) is 13.9 Å². The average Bonchev–Trinajstić information content (AvgIpc) is 3.03. The Labute approximate surface area is 158 Å². The normalized spacial score (nSPS) is 11.5. The molecule has 0 saturated heterocycles. The third-order valence-electron chi connectivity index (χ3n) is 4.57. The zero-order chi connectivity index (χ0) is 19.6. The van der Waals surface area contributed by atoms with E-state index in [0.29, 0.717) is 11.4 Å². The highest BCUT2D eigenvalue weighted by atomic mass is 16.5. The fraction of sp³-hybridized carbons (Fsp3) is 0.227. The number of ether oxygens (including phenoxy) is 2. The van der Waals surface area contributed by atoms with Crippen LogP contribution in [0.3, 0.4) is 0 Å². The molecule has 0 saturated carbocycles. The van der Waals surface area contributed by atoms with Gasteiger partial charge in [0.1, 0.15) is 17.1 Å². The quantitative estimate of drug-likeness (QED) is 0.638. The summed E-state index contributed by atoms with van der Waals surface area (Å²) in [6.07, 6.45) is 3.30. The van der Waals surface area contributed by atoms with Gasteiger partial charge in [0, 0.05) is 28.3 Å². The number of methoxy groups -OCH3 is 2. The lowest BCUT2D eigenvalue weighted by molar-refractivity contribution is -0.111. The van der Waals surface area contributed by atoms with Crippen LogP contribution in [0.2, 0.25) is 0 Å². The Morgan fingerprint density at radius 3 is 2.44 bits per heavy atom. The number of furan rings is 1. The number of nitrogens with one attached hydrogen (secondary N) is 1. The number of aryl methyl sites for hydroxylation is 2. The maximum atomic E-state index is 12.4. The number of hydrogen-bond acceptors (Lipinski definition) is 4. The van der Waals surface area contributed by atoms with Crippen molar-refractivity contribution in [2.45, 2.75) is 20.8 Å². The number of rotatable bonds is 5. The molecule has 3 rings (SSSR count).